The number of primary amides is 1. The summed E-state index contributed by atoms with van der Waals surface area (Å²) in [5, 5.41) is 3.23. The molecule has 0 spiro atoms. The summed E-state index contributed by atoms with van der Waals surface area (Å²) in [6.45, 7) is 4.59. The van der Waals surface area contributed by atoms with Crippen LogP contribution in [0, 0.1) is 0 Å². The lowest BCUT2D eigenvalue weighted by molar-refractivity contribution is 0.1000. The summed E-state index contributed by atoms with van der Waals surface area (Å²) in [5.74, 6) is 0.218. The quantitative estimate of drug-likeness (QED) is 0.684. The minimum Gasteiger partial charge on any atom is -0.366 e. The Morgan fingerprint density at radius 2 is 2.25 bits per heavy atom. The molecule has 1 rings (SSSR count). The third kappa shape index (κ3) is 2.93. The summed E-state index contributed by atoms with van der Waals surface area (Å²) in [4.78, 5) is 15.0. The van der Waals surface area contributed by atoms with E-state index in [1.165, 1.54) is 6.20 Å². The van der Waals surface area contributed by atoms with Gasteiger partial charge in [-0.25, -0.2) is 4.98 Å². The van der Waals surface area contributed by atoms with Crippen LogP contribution in [0.4, 0.5) is 5.82 Å². The number of amides is 1. The van der Waals surface area contributed by atoms with Crippen molar-refractivity contribution in [1.82, 2.24) is 4.98 Å². The molecule has 0 bridgehead atoms. The van der Waals surface area contributed by atoms with E-state index in [2.05, 4.69) is 17.2 Å². The van der Waals surface area contributed by atoms with Crippen molar-refractivity contribution in [3.8, 4) is 0 Å². The Balaban J connectivity index is 2.79. The zero-order chi connectivity index (χ0) is 12.2. The van der Waals surface area contributed by atoms with Gasteiger partial charge in [0, 0.05) is 18.3 Å². The van der Waals surface area contributed by atoms with E-state index in [9.17, 15) is 4.79 Å². The summed E-state index contributed by atoms with van der Waals surface area (Å²) >= 11 is 0. The van der Waals surface area contributed by atoms with Crippen LogP contribution in [-0.2, 0) is 0 Å². The first-order valence-electron chi connectivity index (χ1n) is 5.25. The third-order valence-electron chi connectivity index (χ3n) is 2.71. The van der Waals surface area contributed by atoms with Crippen LogP contribution in [0.15, 0.2) is 18.3 Å². The van der Waals surface area contributed by atoms with Gasteiger partial charge in [0.05, 0.1) is 5.56 Å². The summed E-state index contributed by atoms with van der Waals surface area (Å²) in [5.41, 5.74) is 11.0. The number of nitrogens with two attached hydrogens (primary N) is 2. The highest BCUT2D eigenvalue weighted by Crippen LogP contribution is 2.15. The second-order valence-electron chi connectivity index (χ2n) is 4.04. The number of pyridine rings is 1. The fourth-order valence-corrected chi connectivity index (χ4v) is 1.21. The zero-order valence-electron chi connectivity index (χ0n) is 9.66. The fraction of sp³-hybridized carbons (Fsp3) is 0.455. The van der Waals surface area contributed by atoms with E-state index >= 15 is 0 Å². The smallest absolute Gasteiger partial charge is 0.250 e. The monoisotopic (exact) mass is 222 g/mol. The van der Waals surface area contributed by atoms with Gasteiger partial charge in [0.1, 0.15) is 5.82 Å². The van der Waals surface area contributed by atoms with Crippen LogP contribution in [-0.4, -0.2) is 23.0 Å². The van der Waals surface area contributed by atoms with Gasteiger partial charge in [-0.05, 0) is 25.5 Å². The lowest BCUT2D eigenvalue weighted by Crippen LogP contribution is -2.42. The zero-order valence-corrected chi connectivity index (χ0v) is 9.66. The van der Waals surface area contributed by atoms with E-state index in [1.54, 1.807) is 12.1 Å². The minimum absolute atomic E-state index is 0.179. The molecule has 0 fully saturated rings. The number of hydrogen-bond acceptors (Lipinski definition) is 4. The molecule has 5 heteroatoms. The molecule has 0 saturated heterocycles. The molecule has 1 unspecified atom stereocenters. The lowest BCUT2D eigenvalue weighted by Gasteiger charge is -2.28. The van der Waals surface area contributed by atoms with Gasteiger partial charge in [-0.1, -0.05) is 6.92 Å². The maximum Gasteiger partial charge on any atom is 0.250 e. The molecular formula is C11H18N4O. The van der Waals surface area contributed by atoms with E-state index in [0.717, 1.165) is 6.42 Å². The molecule has 1 amide bonds. The molecule has 0 aliphatic heterocycles. The van der Waals surface area contributed by atoms with E-state index in [1.807, 2.05) is 6.92 Å². The van der Waals surface area contributed by atoms with Crippen molar-refractivity contribution in [2.45, 2.75) is 25.8 Å². The molecule has 0 aliphatic rings. The molecule has 88 valence electrons. The largest absolute Gasteiger partial charge is 0.366 e. The molecule has 1 aromatic heterocycles. The van der Waals surface area contributed by atoms with Gasteiger partial charge in [-0.15, -0.1) is 0 Å². The number of carbonyl (C=O) groups is 1. The van der Waals surface area contributed by atoms with Crippen molar-refractivity contribution < 1.29 is 4.79 Å². The van der Waals surface area contributed by atoms with Gasteiger partial charge >= 0.3 is 0 Å². The van der Waals surface area contributed by atoms with Crippen LogP contribution < -0.4 is 16.8 Å². The predicted molar refractivity (Wildman–Crippen MR) is 64.1 cm³/mol. The van der Waals surface area contributed by atoms with Gasteiger partial charge in [0.2, 0.25) is 5.91 Å². The maximum absolute atomic E-state index is 10.9. The number of hydrogen-bond donors (Lipinski definition) is 3. The number of carbonyl (C=O) groups excluding carboxylic acids is 1. The van der Waals surface area contributed by atoms with Crippen LogP contribution >= 0.6 is 0 Å². The van der Waals surface area contributed by atoms with Crippen LogP contribution in [0.1, 0.15) is 30.6 Å². The van der Waals surface area contributed by atoms with Crippen LogP contribution in [0.2, 0.25) is 0 Å². The molecule has 1 heterocycles. The Labute approximate surface area is 95.2 Å². The molecule has 0 saturated carbocycles. The second-order valence-corrected chi connectivity index (χ2v) is 4.04. The van der Waals surface area contributed by atoms with Crippen molar-refractivity contribution >= 4 is 11.7 Å². The standard InChI is InChI=1S/C11H18N4O/c1-3-11(2,7-12)15-9-5-4-8(6-14-9)10(13)16/h4-6H,3,7,12H2,1-2H3,(H2,13,16)(H,14,15). The molecule has 5 N–H and O–H groups in total. The topological polar surface area (TPSA) is 94.0 Å². The number of anilines is 1. The number of nitrogens with one attached hydrogen (secondary N) is 1. The third-order valence-corrected chi connectivity index (χ3v) is 2.71. The van der Waals surface area contributed by atoms with E-state index in [-0.39, 0.29) is 5.54 Å². The summed E-state index contributed by atoms with van der Waals surface area (Å²) in [6.07, 6.45) is 2.35. The molecule has 0 radical (unpaired) electrons. The summed E-state index contributed by atoms with van der Waals surface area (Å²) in [7, 11) is 0. The molecule has 5 nitrogen and oxygen atoms in total. The summed E-state index contributed by atoms with van der Waals surface area (Å²) in [6, 6.07) is 3.37. The Bertz CT molecular complexity index is 357. The number of rotatable bonds is 5. The van der Waals surface area contributed by atoms with E-state index in [4.69, 9.17) is 11.5 Å². The van der Waals surface area contributed by atoms with Crippen LogP contribution in [0.3, 0.4) is 0 Å². The second kappa shape index (κ2) is 4.94. The number of aromatic nitrogens is 1. The van der Waals surface area contributed by atoms with Gasteiger partial charge in [-0.2, -0.15) is 0 Å². The molecule has 1 aromatic rings. The van der Waals surface area contributed by atoms with Gasteiger partial charge in [-0.3, -0.25) is 4.79 Å². The first kappa shape index (κ1) is 12.4. The molecule has 0 aromatic carbocycles. The van der Waals surface area contributed by atoms with Gasteiger partial charge < -0.3 is 16.8 Å². The maximum atomic E-state index is 10.9. The predicted octanol–water partition coefficient (Wildman–Crippen LogP) is 0.720. The average molecular weight is 222 g/mol. The Morgan fingerprint density at radius 3 is 2.62 bits per heavy atom. The molecule has 0 aliphatic carbocycles. The number of nitrogens with zero attached hydrogens (tertiary/aromatic N) is 1. The van der Waals surface area contributed by atoms with Gasteiger partial charge in [0.25, 0.3) is 0 Å². The highest BCUT2D eigenvalue weighted by atomic mass is 16.1. The molecular weight excluding hydrogens is 204 g/mol. The highest BCUT2D eigenvalue weighted by Gasteiger charge is 2.19. The van der Waals surface area contributed by atoms with Crippen LogP contribution in [0.25, 0.3) is 0 Å². The Morgan fingerprint density at radius 1 is 1.56 bits per heavy atom. The fourth-order valence-electron chi connectivity index (χ4n) is 1.21. The normalized spacial score (nSPS) is 14.2. The Hall–Kier alpha value is -1.62. The van der Waals surface area contributed by atoms with Crippen LogP contribution in [0.5, 0.6) is 0 Å². The first-order chi connectivity index (χ1) is 7.50. The first-order valence-corrected chi connectivity index (χ1v) is 5.25. The van der Waals surface area contributed by atoms with Crippen molar-refractivity contribution in [3.63, 3.8) is 0 Å². The highest BCUT2D eigenvalue weighted by molar-refractivity contribution is 5.92. The molecule has 1 atom stereocenters. The van der Waals surface area contributed by atoms with Crippen molar-refractivity contribution in [2.24, 2.45) is 11.5 Å². The minimum atomic E-state index is -0.476. The van der Waals surface area contributed by atoms with Crippen molar-refractivity contribution in [3.05, 3.63) is 23.9 Å². The van der Waals surface area contributed by atoms with Gasteiger partial charge in [0.15, 0.2) is 0 Å². The average Bonchev–Trinajstić information content (AvgIpc) is 2.29. The summed E-state index contributed by atoms with van der Waals surface area (Å²) < 4.78 is 0. The van der Waals surface area contributed by atoms with Crippen molar-refractivity contribution in [1.29, 1.82) is 0 Å². The lowest BCUT2D eigenvalue weighted by atomic mass is 9.99. The van der Waals surface area contributed by atoms with Crippen molar-refractivity contribution in [2.75, 3.05) is 11.9 Å². The molecule has 16 heavy (non-hydrogen) atoms. The Kier molecular flexibility index (Phi) is 3.84. The van der Waals surface area contributed by atoms with E-state index in [0.29, 0.717) is 17.9 Å². The van der Waals surface area contributed by atoms with E-state index < -0.39 is 5.91 Å². The SMILES string of the molecule is CCC(C)(CN)Nc1ccc(C(N)=O)cn1.